The highest BCUT2D eigenvalue weighted by Crippen LogP contribution is 2.28. The lowest BCUT2D eigenvalue weighted by Crippen LogP contribution is -2.31. The molecule has 1 aliphatic heterocycles. The molecule has 2 amide bonds. The molecule has 0 aliphatic carbocycles. The summed E-state index contributed by atoms with van der Waals surface area (Å²) in [4.78, 5) is 30.1. The number of carbonyl (C=O) groups is 2. The minimum absolute atomic E-state index is 0.191. The molecule has 3 rings (SSSR count). The summed E-state index contributed by atoms with van der Waals surface area (Å²) in [6.07, 6.45) is 2.22. The van der Waals surface area contributed by atoms with E-state index in [1.54, 1.807) is 12.1 Å². The second-order valence-corrected chi connectivity index (χ2v) is 6.44. The second kappa shape index (κ2) is 6.13. The minimum atomic E-state index is -0.332. The van der Waals surface area contributed by atoms with E-state index >= 15 is 0 Å². The predicted molar refractivity (Wildman–Crippen MR) is 89.5 cm³/mol. The molecule has 0 saturated carbocycles. The fourth-order valence-corrected chi connectivity index (χ4v) is 3.18. The van der Waals surface area contributed by atoms with Crippen LogP contribution in [0, 0.1) is 19.8 Å². The molecule has 1 atom stereocenters. The SMILES string of the molecule is Cc1cc(C)cc(C[C@H]2CC(=O)N(c3ccc(Cl)cn3)C2=O)c1. The average molecular weight is 329 g/mol. The van der Waals surface area contributed by atoms with Crippen molar-refractivity contribution in [2.75, 3.05) is 4.90 Å². The number of anilines is 1. The van der Waals surface area contributed by atoms with E-state index in [4.69, 9.17) is 11.6 Å². The summed E-state index contributed by atoms with van der Waals surface area (Å²) < 4.78 is 0. The minimum Gasteiger partial charge on any atom is -0.274 e. The molecular formula is C18H17ClN2O2. The van der Waals surface area contributed by atoms with Gasteiger partial charge in [0.2, 0.25) is 11.8 Å². The Morgan fingerprint density at radius 1 is 1.17 bits per heavy atom. The third-order valence-corrected chi connectivity index (χ3v) is 4.17. The predicted octanol–water partition coefficient (Wildman–Crippen LogP) is 3.47. The lowest BCUT2D eigenvalue weighted by atomic mass is 9.95. The summed E-state index contributed by atoms with van der Waals surface area (Å²) in [5, 5.41) is 0.472. The Morgan fingerprint density at radius 3 is 2.48 bits per heavy atom. The Bertz CT molecular complexity index is 751. The van der Waals surface area contributed by atoms with Gasteiger partial charge in [0.15, 0.2) is 0 Å². The van der Waals surface area contributed by atoms with Gasteiger partial charge in [-0.05, 0) is 38.0 Å². The molecule has 0 unspecified atom stereocenters. The maximum atomic E-state index is 12.6. The number of carbonyl (C=O) groups excluding carboxylic acids is 2. The van der Waals surface area contributed by atoms with E-state index < -0.39 is 0 Å². The second-order valence-electron chi connectivity index (χ2n) is 6.00. The monoisotopic (exact) mass is 328 g/mol. The molecule has 1 fully saturated rings. The number of nitrogens with zero attached hydrogens (tertiary/aromatic N) is 2. The largest absolute Gasteiger partial charge is 0.274 e. The summed E-state index contributed by atoms with van der Waals surface area (Å²) in [6, 6.07) is 9.44. The van der Waals surface area contributed by atoms with Crippen LogP contribution in [0.4, 0.5) is 5.82 Å². The number of halogens is 1. The first-order chi connectivity index (χ1) is 10.9. The van der Waals surface area contributed by atoms with E-state index in [2.05, 4.69) is 23.2 Å². The van der Waals surface area contributed by atoms with E-state index in [-0.39, 0.29) is 24.2 Å². The van der Waals surface area contributed by atoms with Crippen LogP contribution < -0.4 is 4.90 Å². The zero-order valence-electron chi connectivity index (χ0n) is 13.0. The van der Waals surface area contributed by atoms with Gasteiger partial charge in [0.25, 0.3) is 0 Å². The molecule has 118 valence electrons. The Labute approximate surface area is 140 Å². The number of aromatic nitrogens is 1. The maximum Gasteiger partial charge on any atom is 0.238 e. The molecule has 1 aromatic carbocycles. The third-order valence-electron chi connectivity index (χ3n) is 3.94. The smallest absolute Gasteiger partial charge is 0.238 e. The molecule has 0 spiro atoms. The number of hydrogen-bond acceptors (Lipinski definition) is 3. The van der Waals surface area contributed by atoms with E-state index in [0.717, 1.165) is 16.7 Å². The number of benzene rings is 1. The van der Waals surface area contributed by atoms with Gasteiger partial charge in [0, 0.05) is 12.6 Å². The quantitative estimate of drug-likeness (QED) is 0.811. The summed E-state index contributed by atoms with van der Waals surface area (Å²) in [5.41, 5.74) is 3.40. The van der Waals surface area contributed by atoms with Gasteiger partial charge in [-0.3, -0.25) is 9.59 Å². The number of amides is 2. The summed E-state index contributed by atoms with van der Waals surface area (Å²) in [5.74, 6) is -0.392. The fraction of sp³-hybridized carbons (Fsp3) is 0.278. The molecule has 1 aliphatic rings. The van der Waals surface area contributed by atoms with Crippen LogP contribution in [-0.4, -0.2) is 16.8 Å². The lowest BCUT2D eigenvalue weighted by molar-refractivity contribution is -0.122. The number of imide groups is 1. The van der Waals surface area contributed by atoms with Gasteiger partial charge >= 0.3 is 0 Å². The molecule has 0 N–H and O–H groups in total. The Kier molecular flexibility index (Phi) is 4.18. The molecule has 23 heavy (non-hydrogen) atoms. The van der Waals surface area contributed by atoms with Crippen molar-refractivity contribution >= 4 is 29.2 Å². The van der Waals surface area contributed by atoms with Crippen molar-refractivity contribution in [3.05, 3.63) is 58.2 Å². The van der Waals surface area contributed by atoms with Crippen LogP contribution in [0.5, 0.6) is 0 Å². The number of pyridine rings is 1. The van der Waals surface area contributed by atoms with Crippen molar-refractivity contribution in [1.82, 2.24) is 4.98 Å². The number of hydrogen-bond donors (Lipinski definition) is 0. The highest BCUT2D eigenvalue weighted by Gasteiger charge is 2.40. The first kappa shape index (κ1) is 15.7. The molecule has 1 aromatic heterocycles. The summed E-state index contributed by atoms with van der Waals surface area (Å²) in [6.45, 7) is 4.06. The van der Waals surface area contributed by atoms with Gasteiger partial charge in [0.1, 0.15) is 5.82 Å². The molecule has 2 heterocycles. The van der Waals surface area contributed by atoms with Gasteiger partial charge in [-0.2, -0.15) is 0 Å². The van der Waals surface area contributed by atoms with E-state index in [1.807, 2.05) is 13.8 Å². The summed E-state index contributed by atoms with van der Waals surface area (Å²) in [7, 11) is 0. The van der Waals surface area contributed by atoms with Crippen molar-refractivity contribution in [2.45, 2.75) is 26.7 Å². The average Bonchev–Trinajstić information content (AvgIpc) is 2.74. The standard InChI is InChI=1S/C18H17ClN2O2/c1-11-5-12(2)7-13(6-11)8-14-9-17(22)21(18(14)23)16-4-3-15(19)10-20-16/h3-7,10,14H,8-9H2,1-2H3/t14-/m0/s1. The number of rotatable bonds is 3. The van der Waals surface area contributed by atoms with Crippen LogP contribution in [0.1, 0.15) is 23.1 Å². The first-order valence-electron chi connectivity index (χ1n) is 7.49. The van der Waals surface area contributed by atoms with Crippen molar-refractivity contribution in [1.29, 1.82) is 0 Å². The molecule has 1 saturated heterocycles. The molecule has 0 bridgehead atoms. The van der Waals surface area contributed by atoms with Gasteiger partial charge < -0.3 is 0 Å². The summed E-state index contributed by atoms with van der Waals surface area (Å²) >= 11 is 5.81. The van der Waals surface area contributed by atoms with Crippen LogP contribution in [0.2, 0.25) is 5.02 Å². The Hall–Kier alpha value is -2.20. The van der Waals surface area contributed by atoms with Gasteiger partial charge in [-0.1, -0.05) is 40.9 Å². The number of aryl methyl sites for hydroxylation is 2. The molecule has 0 radical (unpaired) electrons. The Morgan fingerprint density at radius 2 is 1.87 bits per heavy atom. The zero-order chi connectivity index (χ0) is 16.6. The fourth-order valence-electron chi connectivity index (χ4n) is 3.07. The van der Waals surface area contributed by atoms with E-state index in [9.17, 15) is 9.59 Å². The van der Waals surface area contributed by atoms with Crippen molar-refractivity contribution < 1.29 is 9.59 Å². The van der Waals surface area contributed by atoms with Crippen molar-refractivity contribution in [3.63, 3.8) is 0 Å². The van der Waals surface area contributed by atoms with Gasteiger partial charge in [-0.15, -0.1) is 0 Å². The van der Waals surface area contributed by atoms with Gasteiger partial charge in [-0.25, -0.2) is 9.88 Å². The molecule has 2 aromatic rings. The van der Waals surface area contributed by atoms with Crippen LogP contribution in [0.3, 0.4) is 0 Å². The van der Waals surface area contributed by atoms with Crippen LogP contribution in [-0.2, 0) is 16.0 Å². The molecular weight excluding hydrogens is 312 g/mol. The highest BCUT2D eigenvalue weighted by atomic mass is 35.5. The highest BCUT2D eigenvalue weighted by molar-refractivity contribution is 6.30. The van der Waals surface area contributed by atoms with Gasteiger partial charge in [0.05, 0.1) is 10.9 Å². The first-order valence-corrected chi connectivity index (χ1v) is 7.87. The molecule has 4 nitrogen and oxygen atoms in total. The van der Waals surface area contributed by atoms with E-state index in [1.165, 1.54) is 11.1 Å². The third kappa shape index (κ3) is 3.27. The Balaban J connectivity index is 1.82. The maximum absolute atomic E-state index is 12.6. The van der Waals surface area contributed by atoms with Crippen molar-refractivity contribution in [3.8, 4) is 0 Å². The van der Waals surface area contributed by atoms with Crippen LogP contribution in [0.25, 0.3) is 0 Å². The van der Waals surface area contributed by atoms with Crippen LogP contribution >= 0.6 is 11.6 Å². The zero-order valence-corrected chi connectivity index (χ0v) is 13.8. The normalized spacial score (nSPS) is 17.9. The van der Waals surface area contributed by atoms with E-state index in [0.29, 0.717) is 17.3 Å². The topological polar surface area (TPSA) is 50.3 Å². The lowest BCUT2D eigenvalue weighted by Gasteiger charge is -2.14. The van der Waals surface area contributed by atoms with Crippen molar-refractivity contribution in [2.24, 2.45) is 5.92 Å². The molecule has 5 heteroatoms. The van der Waals surface area contributed by atoms with Crippen LogP contribution in [0.15, 0.2) is 36.5 Å².